The maximum atomic E-state index is 11.2. The van der Waals surface area contributed by atoms with Crippen molar-refractivity contribution < 1.29 is 14.3 Å². The summed E-state index contributed by atoms with van der Waals surface area (Å²) in [5.41, 5.74) is -0.881. The normalized spacial score (nSPS) is 14.5. The molecule has 4 heteroatoms. The molecule has 1 unspecified atom stereocenters. The van der Waals surface area contributed by atoms with Crippen LogP contribution in [0.1, 0.15) is 45.1 Å². The maximum absolute atomic E-state index is 11.2. The van der Waals surface area contributed by atoms with Crippen molar-refractivity contribution in [1.29, 1.82) is 0 Å². The topological polar surface area (TPSA) is 62.5 Å². The second kappa shape index (κ2) is 5.87. The van der Waals surface area contributed by atoms with E-state index in [1.807, 2.05) is 26.0 Å². The number of carboxylic acids is 1. The van der Waals surface area contributed by atoms with Gasteiger partial charge in [-0.3, -0.25) is 10.1 Å². The van der Waals surface area contributed by atoms with E-state index in [-0.39, 0.29) is 0 Å². The molecule has 17 heavy (non-hydrogen) atoms. The van der Waals surface area contributed by atoms with Gasteiger partial charge in [0.2, 0.25) is 0 Å². The van der Waals surface area contributed by atoms with Gasteiger partial charge in [0.1, 0.15) is 17.1 Å². The van der Waals surface area contributed by atoms with Crippen molar-refractivity contribution >= 4 is 5.97 Å². The van der Waals surface area contributed by atoms with Crippen LogP contribution in [-0.4, -0.2) is 16.6 Å². The Bertz CT molecular complexity index is 372. The van der Waals surface area contributed by atoms with Crippen LogP contribution in [0.4, 0.5) is 0 Å². The molecule has 0 saturated heterocycles. The van der Waals surface area contributed by atoms with Crippen molar-refractivity contribution in [3.8, 4) is 0 Å². The molecule has 0 aliphatic heterocycles. The van der Waals surface area contributed by atoms with Crippen LogP contribution in [0.3, 0.4) is 0 Å². The molecule has 96 valence electrons. The van der Waals surface area contributed by atoms with E-state index in [0.717, 1.165) is 24.4 Å². The van der Waals surface area contributed by atoms with E-state index in [2.05, 4.69) is 5.32 Å². The van der Waals surface area contributed by atoms with Gasteiger partial charge in [-0.1, -0.05) is 20.3 Å². The van der Waals surface area contributed by atoms with Crippen molar-refractivity contribution in [3.05, 3.63) is 23.7 Å². The highest BCUT2D eigenvalue weighted by molar-refractivity contribution is 5.78. The molecule has 1 aromatic rings. The molecular formula is C13H21NO3. The molecule has 1 rings (SSSR count). The first-order valence-corrected chi connectivity index (χ1v) is 6.08. The third-order valence-electron chi connectivity index (χ3n) is 2.94. The summed E-state index contributed by atoms with van der Waals surface area (Å²) >= 11 is 0. The van der Waals surface area contributed by atoms with Crippen LogP contribution < -0.4 is 5.32 Å². The Morgan fingerprint density at radius 3 is 2.53 bits per heavy atom. The first-order chi connectivity index (χ1) is 8.01. The number of aliphatic carboxylic acids is 1. The molecular weight excluding hydrogens is 218 g/mol. The molecule has 2 N–H and O–H groups in total. The lowest BCUT2D eigenvalue weighted by Crippen LogP contribution is -2.48. The molecule has 1 atom stereocenters. The number of rotatable bonds is 7. The van der Waals surface area contributed by atoms with Gasteiger partial charge in [-0.25, -0.2) is 0 Å². The van der Waals surface area contributed by atoms with E-state index < -0.39 is 11.5 Å². The summed E-state index contributed by atoms with van der Waals surface area (Å²) < 4.78 is 5.53. The number of hydrogen-bond donors (Lipinski definition) is 2. The lowest BCUT2D eigenvalue weighted by molar-refractivity contribution is -0.144. The first-order valence-electron chi connectivity index (χ1n) is 6.08. The zero-order valence-corrected chi connectivity index (χ0v) is 10.7. The molecule has 0 spiro atoms. The van der Waals surface area contributed by atoms with Gasteiger partial charge in [0, 0.05) is 6.42 Å². The Morgan fingerprint density at radius 2 is 2.06 bits per heavy atom. The fraction of sp³-hybridized carbons (Fsp3) is 0.615. The number of nitrogens with one attached hydrogen (secondary N) is 1. The molecule has 0 aromatic carbocycles. The highest BCUT2D eigenvalue weighted by Gasteiger charge is 2.31. The Hall–Kier alpha value is -1.29. The molecule has 0 bridgehead atoms. The third kappa shape index (κ3) is 3.60. The Labute approximate surface area is 102 Å². The van der Waals surface area contributed by atoms with Gasteiger partial charge in [-0.15, -0.1) is 0 Å². The second-order valence-corrected chi connectivity index (χ2v) is 4.46. The number of carboxylic acid groups (broad SMARTS) is 1. The molecule has 0 saturated carbocycles. The number of carbonyl (C=O) groups is 1. The Balaban J connectivity index is 2.60. The predicted molar refractivity (Wildman–Crippen MR) is 65.9 cm³/mol. The quantitative estimate of drug-likeness (QED) is 0.767. The van der Waals surface area contributed by atoms with Crippen molar-refractivity contribution in [2.45, 2.75) is 52.1 Å². The molecule has 0 fully saturated rings. The maximum Gasteiger partial charge on any atom is 0.323 e. The van der Waals surface area contributed by atoms with Crippen LogP contribution in [0.2, 0.25) is 0 Å². The van der Waals surface area contributed by atoms with Gasteiger partial charge in [-0.05, 0) is 25.5 Å². The van der Waals surface area contributed by atoms with Gasteiger partial charge in [0.25, 0.3) is 0 Å². The smallest absolute Gasteiger partial charge is 0.323 e. The average molecular weight is 239 g/mol. The first kappa shape index (κ1) is 13.8. The molecule has 1 heterocycles. The van der Waals surface area contributed by atoms with Crippen LogP contribution in [0.5, 0.6) is 0 Å². The van der Waals surface area contributed by atoms with Crippen LogP contribution >= 0.6 is 0 Å². The standard InChI is InChI=1S/C13H21NO3/c1-4-8-13(3,12(15)16)14-9-11-7-6-10(5-2)17-11/h6-7,14H,4-5,8-9H2,1-3H3,(H,15,16). The van der Waals surface area contributed by atoms with Gasteiger partial charge >= 0.3 is 5.97 Å². The second-order valence-electron chi connectivity index (χ2n) is 4.46. The number of hydrogen-bond acceptors (Lipinski definition) is 3. The summed E-state index contributed by atoms with van der Waals surface area (Å²) in [5, 5.41) is 12.3. The van der Waals surface area contributed by atoms with Crippen LogP contribution in [0, 0.1) is 0 Å². The Morgan fingerprint density at radius 1 is 1.41 bits per heavy atom. The largest absolute Gasteiger partial charge is 0.480 e. The van der Waals surface area contributed by atoms with Gasteiger partial charge in [0.05, 0.1) is 6.54 Å². The van der Waals surface area contributed by atoms with E-state index in [1.54, 1.807) is 6.92 Å². The number of furan rings is 1. The lowest BCUT2D eigenvalue weighted by atomic mass is 9.96. The summed E-state index contributed by atoms with van der Waals surface area (Å²) in [6.07, 6.45) is 2.28. The predicted octanol–water partition coefficient (Wildman–Crippen LogP) is 2.58. The minimum Gasteiger partial charge on any atom is -0.480 e. The SMILES string of the molecule is CCCC(C)(NCc1ccc(CC)o1)C(=O)O. The summed E-state index contributed by atoms with van der Waals surface area (Å²) in [6.45, 7) is 6.16. The van der Waals surface area contributed by atoms with Gasteiger partial charge in [-0.2, -0.15) is 0 Å². The summed E-state index contributed by atoms with van der Waals surface area (Å²) in [6, 6.07) is 3.81. The van der Waals surface area contributed by atoms with Crippen molar-refractivity contribution in [2.75, 3.05) is 0 Å². The van der Waals surface area contributed by atoms with Crippen LogP contribution in [0.15, 0.2) is 16.5 Å². The lowest BCUT2D eigenvalue weighted by Gasteiger charge is -2.25. The summed E-state index contributed by atoms with van der Waals surface area (Å²) in [7, 11) is 0. The highest BCUT2D eigenvalue weighted by Crippen LogP contribution is 2.15. The molecule has 0 aliphatic rings. The molecule has 0 amide bonds. The Kier molecular flexibility index (Phi) is 4.75. The minimum atomic E-state index is -0.881. The monoisotopic (exact) mass is 239 g/mol. The van der Waals surface area contributed by atoms with Crippen molar-refractivity contribution in [3.63, 3.8) is 0 Å². The minimum absolute atomic E-state index is 0.447. The number of aryl methyl sites for hydroxylation is 1. The van der Waals surface area contributed by atoms with E-state index in [9.17, 15) is 9.90 Å². The summed E-state index contributed by atoms with van der Waals surface area (Å²) in [5.74, 6) is 0.890. The van der Waals surface area contributed by atoms with Crippen molar-refractivity contribution in [2.24, 2.45) is 0 Å². The molecule has 1 aromatic heterocycles. The molecule has 0 aliphatic carbocycles. The molecule has 0 radical (unpaired) electrons. The highest BCUT2D eigenvalue weighted by atomic mass is 16.4. The average Bonchev–Trinajstić information content (AvgIpc) is 2.74. The van der Waals surface area contributed by atoms with E-state index in [1.165, 1.54) is 0 Å². The van der Waals surface area contributed by atoms with Crippen LogP contribution in [-0.2, 0) is 17.8 Å². The fourth-order valence-electron chi connectivity index (χ4n) is 1.76. The summed E-state index contributed by atoms with van der Waals surface area (Å²) in [4.78, 5) is 11.2. The van der Waals surface area contributed by atoms with E-state index >= 15 is 0 Å². The fourth-order valence-corrected chi connectivity index (χ4v) is 1.76. The van der Waals surface area contributed by atoms with Crippen LogP contribution in [0.25, 0.3) is 0 Å². The van der Waals surface area contributed by atoms with Gasteiger partial charge in [0.15, 0.2) is 0 Å². The van der Waals surface area contributed by atoms with Crippen molar-refractivity contribution in [1.82, 2.24) is 5.32 Å². The van der Waals surface area contributed by atoms with Gasteiger partial charge < -0.3 is 9.52 Å². The zero-order valence-electron chi connectivity index (χ0n) is 10.7. The molecule has 4 nitrogen and oxygen atoms in total. The zero-order chi connectivity index (χ0) is 12.9. The third-order valence-corrected chi connectivity index (χ3v) is 2.94. The van der Waals surface area contributed by atoms with E-state index in [4.69, 9.17) is 4.42 Å². The van der Waals surface area contributed by atoms with E-state index in [0.29, 0.717) is 13.0 Å².